The highest BCUT2D eigenvalue weighted by atomic mass is 35.5. The van der Waals surface area contributed by atoms with E-state index in [1.54, 1.807) is 25.1 Å². The van der Waals surface area contributed by atoms with Crippen molar-refractivity contribution >= 4 is 29.0 Å². The fourth-order valence-corrected chi connectivity index (χ4v) is 3.17. The minimum Gasteiger partial charge on any atom is -0.339 e. The number of amides is 1. The van der Waals surface area contributed by atoms with Gasteiger partial charge in [-0.3, -0.25) is 4.79 Å². The summed E-state index contributed by atoms with van der Waals surface area (Å²) in [5.74, 6) is -3.75. The summed E-state index contributed by atoms with van der Waals surface area (Å²) < 4.78 is 40.5. The molecule has 3 rings (SSSR count). The van der Waals surface area contributed by atoms with E-state index in [9.17, 15) is 18.0 Å². The van der Waals surface area contributed by atoms with Crippen LogP contribution >= 0.6 is 11.6 Å². The smallest absolute Gasteiger partial charge is 0.275 e. The molecule has 0 spiro atoms. The molecule has 0 saturated carbocycles. The lowest BCUT2D eigenvalue weighted by atomic mass is 10.0. The molecule has 1 aliphatic rings. The quantitative estimate of drug-likeness (QED) is 0.773. The number of aromatic nitrogens is 2. The lowest BCUT2D eigenvalue weighted by Crippen LogP contribution is -2.28. The number of fused-ring (bicyclic) bond motifs is 1. The Morgan fingerprint density at radius 3 is 2.77 bits per heavy atom. The van der Waals surface area contributed by atoms with Gasteiger partial charge in [-0.05, 0) is 30.2 Å². The maximum Gasteiger partial charge on any atom is 0.275 e. The second-order valence-corrected chi connectivity index (χ2v) is 6.39. The number of nitrogens with one attached hydrogen (secondary N) is 1. The number of alkyl halides is 3. The molecule has 0 fully saturated rings. The molecule has 5 nitrogen and oxygen atoms in total. The number of benzene rings is 1. The van der Waals surface area contributed by atoms with Gasteiger partial charge in [0.1, 0.15) is 12.5 Å². The Bertz CT molecular complexity index is 856. The molecule has 1 aliphatic heterocycles. The van der Waals surface area contributed by atoms with E-state index >= 15 is 0 Å². The van der Waals surface area contributed by atoms with Gasteiger partial charge in [-0.15, -0.1) is 0 Å². The summed E-state index contributed by atoms with van der Waals surface area (Å²) in [6.45, 7) is 1.80. The van der Waals surface area contributed by atoms with Crippen molar-refractivity contribution in [3.63, 3.8) is 0 Å². The van der Waals surface area contributed by atoms with E-state index in [1.807, 2.05) is 0 Å². The standard InChI is InChI=1S/C17H16ClF3N4O/c1-9-10-4-3-5-12(13(10)15(26)25(9)7-6-19)23-14-11(17(2,20)21)8-22-16(18)24-14/h3-5,8-9H,6-7H2,1-2H3,(H,22,23,24). The molecule has 1 amide bonds. The van der Waals surface area contributed by atoms with E-state index in [4.69, 9.17) is 11.6 Å². The van der Waals surface area contributed by atoms with Crippen molar-refractivity contribution in [3.05, 3.63) is 46.4 Å². The first-order chi connectivity index (χ1) is 12.2. The van der Waals surface area contributed by atoms with Crippen LogP contribution in [0.1, 0.15) is 41.4 Å². The lowest BCUT2D eigenvalue weighted by molar-refractivity contribution is 0.0176. The summed E-state index contributed by atoms with van der Waals surface area (Å²) in [6.07, 6.45) is 0.945. The summed E-state index contributed by atoms with van der Waals surface area (Å²) in [6, 6.07) is 4.71. The van der Waals surface area contributed by atoms with Gasteiger partial charge in [0.2, 0.25) is 5.28 Å². The summed E-state index contributed by atoms with van der Waals surface area (Å²) >= 11 is 5.74. The zero-order valence-corrected chi connectivity index (χ0v) is 14.8. The first-order valence-corrected chi connectivity index (χ1v) is 8.29. The zero-order valence-electron chi connectivity index (χ0n) is 14.1. The van der Waals surface area contributed by atoms with Crippen molar-refractivity contribution in [2.24, 2.45) is 0 Å². The fourth-order valence-electron chi connectivity index (χ4n) is 3.04. The van der Waals surface area contributed by atoms with Crippen LogP contribution in [0.4, 0.5) is 24.7 Å². The van der Waals surface area contributed by atoms with Gasteiger partial charge in [-0.25, -0.2) is 18.2 Å². The summed E-state index contributed by atoms with van der Waals surface area (Å²) in [4.78, 5) is 21.5. The Kier molecular flexibility index (Phi) is 4.79. The fraction of sp³-hybridized carbons (Fsp3) is 0.353. The minimum atomic E-state index is -3.21. The molecule has 1 unspecified atom stereocenters. The van der Waals surface area contributed by atoms with Crippen LogP contribution in [0.2, 0.25) is 5.28 Å². The van der Waals surface area contributed by atoms with Crippen LogP contribution in [0.15, 0.2) is 24.4 Å². The number of nitrogens with zero attached hydrogens (tertiary/aromatic N) is 3. The van der Waals surface area contributed by atoms with Gasteiger partial charge in [0.15, 0.2) is 0 Å². The van der Waals surface area contributed by atoms with Crippen LogP contribution in [0.3, 0.4) is 0 Å². The summed E-state index contributed by atoms with van der Waals surface area (Å²) in [7, 11) is 0. The number of carbonyl (C=O) groups is 1. The Morgan fingerprint density at radius 1 is 1.38 bits per heavy atom. The topological polar surface area (TPSA) is 58.1 Å². The van der Waals surface area contributed by atoms with E-state index in [0.29, 0.717) is 16.8 Å². The van der Waals surface area contributed by atoms with Crippen molar-refractivity contribution in [3.8, 4) is 0 Å². The number of hydrogen-bond donors (Lipinski definition) is 1. The first-order valence-electron chi connectivity index (χ1n) is 7.91. The molecule has 0 radical (unpaired) electrons. The van der Waals surface area contributed by atoms with Gasteiger partial charge in [0.05, 0.1) is 22.9 Å². The molecular weight excluding hydrogens is 369 g/mol. The van der Waals surface area contributed by atoms with E-state index in [1.165, 1.54) is 4.90 Å². The molecule has 0 aliphatic carbocycles. The Labute approximate surface area is 153 Å². The van der Waals surface area contributed by atoms with E-state index in [-0.39, 0.29) is 29.6 Å². The average Bonchev–Trinajstić information content (AvgIpc) is 2.80. The predicted molar refractivity (Wildman–Crippen MR) is 91.8 cm³/mol. The second kappa shape index (κ2) is 6.75. The number of halogens is 4. The number of rotatable bonds is 5. The summed E-state index contributed by atoms with van der Waals surface area (Å²) in [5, 5.41) is 2.58. The largest absolute Gasteiger partial charge is 0.339 e. The van der Waals surface area contributed by atoms with E-state index in [0.717, 1.165) is 13.1 Å². The summed E-state index contributed by atoms with van der Waals surface area (Å²) in [5.41, 5.74) is 0.867. The SMILES string of the molecule is CC1c2cccc(Nc3nc(Cl)ncc3C(C)(F)F)c2C(=O)N1CCF. The third-order valence-electron chi connectivity index (χ3n) is 4.30. The second-order valence-electron chi connectivity index (χ2n) is 6.05. The normalized spacial score (nSPS) is 16.8. The monoisotopic (exact) mass is 384 g/mol. The molecular formula is C17H16ClF3N4O. The van der Waals surface area contributed by atoms with Crippen LogP contribution in [0.25, 0.3) is 0 Å². The van der Waals surface area contributed by atoms with Crippen molar-refractivity contribution < 1.29 is 18.0 Å². The van der Waals surface area contributed by atoms with E-state index in [2.05, 4.69) is 15.3 Å². The van der Waals surface area contributed by atoms with Gasteiger partial charge < -0.3 is 10.2 Å². The average molecular weight is 385 g/mol. The predicted octanol–water partition coefficient (Wildman–Crippen LogP) is 4.47. The van der Waals surface area contributed by atoms with Crippen molar-refractivity contribution in [1.82, 2.24) is 14.9 Å². The van der Waals surface area contributed by atoms with Crippen molar-refractivity contribution in [2.75, 3.05) is 18.5 Å². The number of hydrogen-bond acceptors (Lipinski definition) is 4. The molecule has 2 aromatic rings. The molecule has 1 aromatic heterocycles. The Morgan fingerprint density at radius 2 is 2.12 bits per heavy atom. The maximum atomic E-state index is 13.8. The Balaban J connectivity index is 2.05. The highest BCUT2D eigenvalue weighted by Crippen LogP contribution is 2.39. The van der Waals surface area contributed by atoms with Crippen LogP contribution in [0.5, 0.6) is 0 Å². The van der Waals surface area contributed by atoms with Crippen molar-refractivity contribution in [1.29, 1.82) is 0 Å². The molecule has 0 bridgehead atoms. The third kappa shape index (κ3) is 3.21. The lowest BCUT2D eigenvalue weighted by Gasteiger charge is -2.20. The van der Waals surface area contributed by atoms with Gasteiger partial charge in [0.25, 0.3) is 11.8 Å². The molecule has 138 valence electrons. The minimum absolute atomic E-state index is 0.0360. The first kappa shape index (κ1) is 18.4. The molecule has 1 aromatic carbocycles. The molecule has 2 heterocycles. The molecule has 1 N–H and O–H groups in total. The van der Waals surface area contributed by atoms with Crippen LogP contribution in [-0.2, 0) is 5.92 Å². The molecule has 9 heteroatoms. The molecule has 26 heavy (non-hydrogen) atoms. The molecule has 0 saturated heterocycles. The number of carbonyl (C=O) groups excluding carboxylic acids is 1. The van der Waals surface area contributed by atoms with E-state index < -0.39 is 18.2 Å². The molecule has 1 atom stereocenters. The van der Waals surface area contributed by atoms with Crippen LogP contribution in [-0.4, -0.2) is 34.0 Å². The Hall–Kier alpha value is -2.35. The highest BCUT2D eigenvalue weighted by molar-refractivity contribution is 6.28. The maximum absolute atomic E-state index is 13.8. The third-order valence-corrected chi connectivity index (χ3v) is 4.48. The highest BCUT2D eigenvalue weighted by Gasteiger charge is 2.36. The van der Waals surface area contributed by atoms with Crippen molar-refractivity contribution in [2.45, 2.75) is 25.8 Å². The van der Waals surface area contributed by atoms with Gasteiger partial charge in [-0.1, -0.05) is 12.1 Å². The van der Waals surface area contributed by atoms with Crippen LogP contribution < -0.4 is 5.32 Å². The number of anilines is 2. The zero-order chi connectivity index (χ0) is 19.1. The van der Waals surface area contributed by atoms with Gasteiger partial charge >= 0.3 is 0 Å². The van der Waals surface area contributed by atoms with Gasteiger partial charge in [-0.2, -0.15) is 4.98 Å². The van der Waals surface area contributed by atoms with Gasteiger partial charge in [0, 0.05) is 19.7 Å². The van der Waals surface area contributed by atoms with Crippen LogP contribution in [0, 0.1) is 0 Å².